The molecule has 4 nitrogen and oxygen atoms in total. The third-order valence-corrected chi connectivity index (χ3v) is 2.22. The summed E-state index contributed by atoms with van der Waals surface area (Å²) in [5.74, 6) is -0.225. The Bertz CT molecular complexity index is 385. The van der Waals surface area contributed by atoms with Gasteiger partial charge in [-0.1, -0.05) is 24.3 Å². The minimum Gasteiger partial charge on any atom is -0.491 e. The second-order valence-corrected chi connectivity index (χ2v) is 3.44. The van der Waals surface area contributed by atoms with E-state index in [1.54, 1.807) is 6.08 Å². The number of para-hydroxylation sites is 1. The van der Waals surface area contributed by atoms with Gasteiger partial charge in [-0.2, -0.15) is 0 Å². The van der Waals surface area contributed by atoms with E-state index in [2.05, 4.69) is 0 Å². The van der Waals surface area contributed by atoms with Crippen molar-refractivity contribution in [2.75, 3.05) is 6.61 Å². The van der Waals surface area contributed by atoms with Crippen molar-refractivity contribution in [3.63, 3.8) is 0 Å². The molecule has 0 saturated carbocycles. The number of ether oxygens (including phenoxy) is 2. The van der Waals surface area contributed by atoms with Crippen molar-refractivity contribution in [3.8, 4) is 5.75 Å². The molecule has 0 bridgehead atoms. The molecule has 1 heterocycles. The topological polar surface area (TPSA) is 55.8 Å². The van der Waals surface area contributed by atoms with Crippen LogP contribution in [0.3, 0.4) is 0 Å². The number of rotatable bonds is 4. The van der Waals surface area contributed by atoms with E-state index in [0.29, 0.717) is 6.61 Å². The van der Waals surface area contributed by atoms with Gasteiger partial charge in [-0.25, -0.2) is 4.79 Å². The van der Waals surface area contributed by atoms with Gasteiger partial charge in [0.2, 0.25) is 0 Å². The van der Waals surface area contributed by atoms with Crippen molar-refractivity contribution in [1.82, 2.24) is 0 Å². The summed E-state index contributed by atoms with van der Waals surface area (Å²) in [6.07, 6.45) is 2.11. The van der Waals surface area contributed by atoms with Gasteiger partial charge in [-0.3, -0.25) is 0 Å². The van der Waals surface area contributed by atoms with Crippen LogP contribution in [0.1, 0.15) is 0 Å². The smallest absolute Gasteiger partial charge is 0.336 e. The molecular formula is C12H12O4. The monoisotopic (exact) mass is 220 g/mol. The highest BCUT2D eigenvalue weighted by Crippen LogP contribution is 2.14. The molecule has 2 unspecified atom stereocenters. The van der Waals surface area contributed by atoms with E-state index in [-0.39, 0.29) is 6.10 Å². The fourth-order valence-electron chi connectivity index (χ4n) is 1.43. The van der Waals surface area contributed by atoms with Gasteiger partial charge >= 0.3 is 5.97 Å². The molecule has 0 saturated heterocycles. The summed E-state index contributed by atoms with van der Waals surface area (Å²) in [5, 5.41) is 8.70. The molecule has 0 amide bonds. The van der Waals surface area contributed by atoms with Crippen LogP contribution in [-0.2, 0) is 9.53 Å². The molecule has 2 rings (SSSR count). The van der Waals surface area contributed by atoms with Gasteiger partial charge in [0.15, 0.2) is 6.10 Å². The minimum absolute atomic E-state index is 0.290. The van der Waals surface area contributed by atoms with Crippen molar-refractivity contribution in [2.45, 2.75) is 12.2 Å². The van der Waals surface area contributed by atoms with Gasteiger partial charge in [0.1, 0.15) is 18.5 Å². The summed E-state index contributed by atoms with van der Waals surface area (Å²) in [4.78, 5) is 10.6. The van der Waals surface area contributed by atoms with E-state index >= 15 is 0 Å². The van der Waals surface area contributed by atoms with Gasteiger partial charge < -0.3 is 14.6 Å². The third kappa shape index (κ3) is 2.61. The van der Waals surface area contributed by atoms with Crippen LogP contribution in [0.2, 0.25) is 0 Å². The van der Waals surface area contributed by atoms with E-state index in [1.165, 1.54) is 6.08 Å². The second kappa shape index (κ2) is 4.81. The van der Waals surface area contributed by atoms with Crippen LogP contribution in [0.5, 0.6) is 5.75 Å². The maximum absolute atomic E-state index is 10.6. The molecule has 4 heteroatoms. The van der Waals surface area contributed by atoms with Crippen LogP contribution in [0.25, 0.3) is 0 Å². The molecule has 1 aromatic carbocycles. The molecule has 0 aromatic heterocycles. The molecule has 0 radical (unpaired) electrons. The molecule has 0 spiro atoms. The highest BCUT2D eigenvalue weighted by atomic mass is 16.6. The van der Waals surface area contributed by atoms with Crippen molar-refractivity contribution >= 4 is 5.97 Å². The van der Waals surface area contributed by atoms with E-state index in [0.717, 1.165) is 5.75 Å². The van der Waals surface area contributed by atoms with Crippen LogP contribution in [-0.4, -0.2) is 29.9 Å². The first kappa shape index (κ1) is 10.7. The predicted molar refractivity (Wildman–Crippen MR) is 57.4 cm³/mol. The van der Waals surface area contributed by atoms with E-state index in [9.17, 15) is 4.79 Å². The Morgan fingerprint density at radius 1 is 1.31 bits per heavy atom. The third-order valence-electron chi connectivity index (χ3n) is 2.22. The number of benzene rings is 1. The Labute approximate surface area is 93.1 Å². The van der Waals surface area contributed by atoms with Crippen molar-refractivity contribution in [3.05, 3.63) is 42.5 Å². The fraction of sp³-hybridized carbons (Fsp3) is 0.250. The van der Waals surface area contributed by atoms with Gasteiger partial charge in [0.05, 0.1) is 0 Å². The number of carboxylic acids is 1. The summed E-state index contributed by atoms with van der Waals surface area (Å²) < 4.78 is 10.7. The van der Waals surface area contributed by atoms with Crippen LogP contribution in [0.4, 0.5) is 0 Å². The minimum atomic E-state index is -0.974. The first-order valence-electron chi connectivity index (χ1n) is 5.00. The highest BCUT2D eigenvalue weighted by Gasteiger charge is 2.25. The number of carboxylic acid groups (broad SMARTS) is 1. The summed E-state index contributed by atoms with van der Waals surface area (Å²) in [6, 6.07) is 9.33. The fourth-order valence-corrected chi connectivity index (χ4v) is 1.43. The second-order valence-electron chi connectivity index (χ2n) is 3.44. The maximum atomic E-state index is 10.6. The van der Waals surface area contributed by atoms with Gasteiger partial charge in [0, 0.05) is 0 Å². The zero-order valence-electron chi connectivity index (χ0n) is 8.58. The molecular weight excluding hydrogens is 208 g/mol. The Hall–Kier alpha value is -1.81. The van der Waals surface area contributed by atoms with Crippen LogP contribution in [0.15, 0.2) is 42.5 Å². The quantitative estimate of drug-likeness (QED) is 0.781. The van der Waals surface area contributed by atoms with Gasteiger partial charge in [-0.15, -0.1) is 0 Å². The Kier molecular flexibility index (Phi) is 3.22. The van der Waals surface area contributed by atoms with Gasteiger partial charge in [-0.05, 0) is 18.2 Å². The number of hydrogen-bond donors (Lipinski definition) is 1. The largest absolute Gasteiger partial charge is 0.491 e. The molecule has 1 aliphatic rings. The lowest BCUT2D eigenvalue weighted by Gasteiger charge is -2.12. The first-order valence-corrected chi connectivity index (χ1v) is 5.00. The molecule has 1 aliphatic heterocycles. The van der Waals surface area contributed by atoms with Gasteiger partial charge in [0.25, 0.3) is 0 Å². The summed E-state index contributed by atoms with van der Waals surface area (Å²) in [7, 11) is 0. The lowest BCUT2D eigenvalue weighted by molar-refractivity contribution is -0.148. The zero-order valence-corrected chi connectivity index (χ0v) is 8.58. The number of aliphatic carboxylic acids is 1. The van der Waals surface area contributed by atoms with Crippen molar-refractivity contribution in [1.29, 1.82) is 0 Å². The summed E-state index contributed by atoms with van der Waals surface area (Å²) in [5.41, 5.74) is 0. The van der Waals surface area contributed by atoms with E-state index in [4.69, 9.17) is 14.6 Å². The van der Waals surface area contributed by atoms with Crippen LogP contribution < -0.4 is 4.74 Å². The van der Waals surface area contributed by atoms with E-state index in [1.807, 2.05) is 30.3 Å². The molecule has 1 aromatic rings. The predicted octanol–water partition coefficient (Wildman–Crippen LogP) is 1.47. The Balaban J connectivity index is 1.81. The average molecular weight is 220 g/mol. The molecule has 84 valence electrons. The normalized spacial score (nSPS) is 23.2. The standard InChI is InChI=1S/C12H12O4/c13-12(14)11-7-6-10(16-11)8-15-9-4-2-1-3-5-9/h1-7,10-11H,8H2,(H,13,14). The number of hydrogen-bond acceptors (Lipinski definition) is 3. The lowest BCUT2D eigenvalue weighted by Crippen LogP contribution is -2.24. The van der Waals surface area contributed by atoms with E-state index < -0.39 is 12.1 Å². The SMILES string of the molecule is O=C(O)C1C=CC(COc2ccccc2)O1. The van der Waals surface area contributed by atoms with Crippen molar-refractivity contribution < 1.29 is 19.4 Å². The first-order chi connectivity index (χ1) is 7.75. The van der Waals surface area contributed by atoms with Crippen molar-refractivity contribution in [2.24, 2.45) is 0 Å². The molecule has 2 atom stereocenters. The highest BCUT2D eigenvalue weighted by molar-refractivity contribution is 5.75. The maximum Gasteiger partial charge on any atom is 0.336 e. The Morgan fingerprint density at radius 3 is 2.69 bits per heavy atom. The Morgan fingerprint density at radius 2 is 2.06 bits per heavy atom. The molecule has 16 heavy (non-hydrogen) atoms. The molecule has 0 fully saturated rings. The van der Waals surface area contributed by atoms with Crippen LogP contribution >= 0.6 is 0 Å². The average Bonchev–Trinajstić information content (AvgIpc) is 2.76. The molecule has 0 aliphatic carbocycles. The summed E-state index contributed by atoms with van der Waals surface area (Å²) in [6.45, 7) is 0.324. The lowest BCUT2D eigenvalue weighted by atomic mass is 10.3. The van der Waals surface area contributed by atoms with Crippen LogP contribution in [0, 0.1) is 0 Å². The zero-order chi connectivity index (χ0) is 11.4. The summed E-state index contributed by atoms with van der Waals surface area (Å²) >= 11 is 0. The molecule has 1 N–H and O–H groups in total. The number of carbonyl (C=O) groups is 1.